The van der Waals surface area contributed by atoms with Crippen LogP contribution in [0.2, 0.25) is 0 Å². The number of anilines is 1. The van der Waals surface area contributed by atoms with Crippen LogP contribution in [0.4, 0.5) is 19.0 Å². The summed E-state index contributed by atoms with van der Waals surface area (Å²) in [5, 5.41) is 11.9. The third kappa shape index (κ3) is 5.62. The van der Waals surface area contributed by atoms with Gasteiger partial charge in [0.1, 0.15) is 11.4 Å². The van der Waals surface area contributed by atoms with Crippen LogP contribution in [0.15, 0.2) is 84.1 Å². The fourth-order valence-corrected chi connectivity index (χ4v) is 6.63. The van der Waals surface area contributed by atoms with Crippen LogP contribution in [0.25, 0.3) is 11.3 Å². The lowest BCUT2D eigenvalue weighted by molar-refractivity contribution is -0.137. The van der Waals surface area contributed by atoms with E-state index in [1.807, 2.05) is 31.2 Å². The number of alkyl halides is 3. The minimum Gasteiger partial charge on any atom is -0.306 e. The molecule has 222 valence electrons. The molecule has 1 aliphatic heterocycles. The summed E-state index contributed by atoms with van der Waals surface area (Å²) < 4.78 is 70.3. The first-order chi connectivity index (χ1) is 20.5. The quantitative estimate of drug-likeness (QED) is 0.288. The van der Waals surface area contributed by atoms with Crippen LogP contribution in [0.5, 0.6) is 0 Å². The number of nitrogens with zero attached hydrogens (tertiary/aromatic N) is 6. The number of nitrogens with one attached hydrogen (secondary N) is 1. The monoisotopic (exact) mass is 609 g/mol. The molecule has 1 amide bonds. The van der Waals surface area contributed by atoms with Gasteiger partial charge in [-0.2, -0.15) is 27.7 Å². The van der Waals surface area contributed by atoms with Gasteiger partial charge in [0, 0.05) is 37.5 Å². The highest BCUT2D eigenvalue weighted by atomic mass is 32.2. The van der Waals surface area contributed by atoms with Crippen molar-refractivity contribution in [1.82, 2.24) is 28.7 Å². The van der Waals surface area contributed by atoms with Crippen LogP contribution in [0.1, 0.15) is 45.9 Å². The van der Waals surface area contributed by atoms with E-state index in [-0.39, 0.29) is 24.6 Å². The maximum Gasteiger partial charge on any atom is 0.416 e. The molecule has 5 aromatic rings. The van der Waals surface area contributed by atoms with Crippen LogP contribution in [-0.2, 0) is 16.2 Å². The fraction of sp³-hybridized carbons (Fsp3) is 0.241. The highest BCUT2D eigenvalue weighted by Crippen LogP contribution is 2.34. The van der Waals surface area contributed by atoms with Crippen molar-refractivity contribution in [3.05, 3.63) is 102 Å². The van der Waals surface area contributed by atoms with Crippen molar-refractivity contribution in [3.8, 4) is 5.69 Å². The molecule has 0 unspecified atom stereocenters. The van der Waals surface area contributed by atoms with Gasteiger partial charge in [-0.15, -0.1) is 0 Å². The number of piperidine rings is 1. The molecule has 1 fully saturated rings. The van der Waals surface area contributed by atoms with Gasteiger partial charge in [0.25, 0.3) is 5.91 Å². The van der Waals surface area contributed by atoms with Gasteiger partial charge < -0.3 is 5.32 Å². The number of carbonyl (C=O) groups excluding carboxylic acids is 1. The number of benzene rings is 2. The zero-order chi connectivity index (χ0) is 30.4. The average Bonchev–Trinajstić information content (AvgIpc) is 3.62. The molecule has 0 bridgehead atoms. The van der Waals surface area contributed by atoms with Gasteiger partial charge in [-0.05, 0) is 56.2 Å². The second kappa shape index (κ2) is 10.9. The Kier molecular flexibility index (Phi) is 7.26. The van der Waals surface area contributed by atoms with Crippen molar-refractivity contribution in [2.75, 3.05) is 18.4 Å². The first-order valence-corrected chi connectivity index (χ1v) is 14.9. The van der Waals surface area contributed by atoms with Crippen LogP contribution in [-0.4, -0.2) is 56.1 Å². The number of fused-ring (bicyclic) bond motifs is 1. The van der Waals surface area contributed by atoms with Crippen LogP contribution >= 0.6 is 0 Å². The lowest BCUT2D eigenvalue weighted by Crippen LogP contribution is -2.38. The standard InChI is InChI=1S/C29H26F3N7O3S/c1-19-6-8-22(9-7-19)39-26(35-28(40)24-18-34-38-13-3-12-33-27(24)38)17-25(36-39)20-10-14-37(15-11-20)43(41,42)23-5-2-4-21(16-23)29(30,31)32/h2-9,12-13,16-18,20H,10-11,14-15H2,1H3,(H,35,40). The van der Waals surface area contributed by atoms with Gasteiger partial charge >= 0.3 is 6.18 Å². The molecule has 10 nitrogen and oxygen atoms in total. The first kappa shape index (κ1) is 28.6. The van der Waals surface area contributed by atoms with E-state index in [1.165, 1.54) is 21.1 Å². The number of aromatic nitrogens is 5. The maximum atomic E-state index is 13.3. The zero-order valence-electron chi connectivity index (χ0n) is 22.9. The van der Waals surface area contributed by atoms with Gasteiger partial charge in [0.15, 0.2) is 5.65 Å². The number of aryl methyl sites for hydroxylation is 1. The molecule has 0 atom stereocenters. The summed E-state index contributed by atoms with van der Waals surface area (Å²) in [5.74, 6) is -0.150. The van der Waals surface area contributed by atoms with Crippen molar-refractivity contribution in [1.29, 1.82) is 0 Å². The lowest BCUT2D eigenvalue weighted by Gasteiger charge is -2.30. The van der Waals surface area contributed by atoms with E-state index >= 15 is 0 Å². The molecule has 0 radical (unpaired) electrons. The third-order valence-electron chi connectivity index (χ3n) is 7.44. The number of hydrogen-bond donors (Lipinski definition) is 1. The number of amides is 1. The maximum absolute atomic E-state index is 13.3. The number of carbonyl (C=O) groups is 1. The highest BCUT2D eigenvalue weighted by molar-refractivity contribution is 7.89. The minimum absolute atomic E-state index is 0.108. The molecule has 0 spiro atoms. The number of sulfonamides is 1. The van der Waals surface area contributed by atoms with E-state index in [4.69, 9.17) is 5.10 Å². The van der Waals surface area contributed by atoms with Crippen molar-refractivity contribution in [3.63, 3.8) is 0 Å². The van der Waals surface area contributed by atoms with Gasteiger partial charge in [-0.1, -0.05) is 23.8 Å². The van der Waals surface area contributed by atoms with E-state index in [0.717, 1.165) is 23.4 Å². The van der Waals surface area contributed by atoms with E-state index in [1.54, 1.807) is 29.2 Å². The Hall–Kier alpha value is -4.56. The molecular formula is C29H26F3N7O3S. The molecule has 1 N–H and O–H groups in total. The van der Waals surface area contributed by atoms with Crippen molar-refractivity contribution >= 4 is 27.4 Å². The van der Waals surface area contributed by atoms with Crippen LogP contribution < -0.4 is 5.32 Å². The summed E-state index contributed by atoms with van der Waals surface area (Å²) in [5.41, 5.74) is 2.09. The lowest BCUT2D eigenvalue weighted by atomic mass is 9.95. The van der Waals surface area contributed by atoms with E-state index in [9.17, 15) is 26.4 Å². The van der Waals surface area contributed by atoms with Crippen molar-refractivity contribution in [2.45, 2.75) is 36.8 Å². The summed E-state index contributed by atoms with van der Waals surface area (Å²) in [6.45, 7) is 2.17. The van der Waals surface area contributed by atoms with Crippen molar-refractivity contribution < 1.29 is 26.4 Å². The number of halogens is 3. The average molecular weight is 610 g/mol. The smallest absolute Gasteiger partial charge is 0.306 e. The Morgan fingerprint density at radius 3 is 2.49 bits per heavy atom. The number of hydrogen-bond acceptors (Lipinski definition) is 6. The Morgan fingerprint density at radius 2 is 1.77 bits per heavy atom. The Morgan fingerprint density at radius 1 is 1.02 bits per heavy atom. The normalized spacial score (nSPS) is 15.2. The largest absolute Gasteiger partial charge is 0.416 e. The van der Waals surface area contributed by atoms with E-state index < -0.39 is 32.6 Å². The first-order valence-electron chi connectivity index (χ1n) is 13.4. The second-order valence-corrected chi connectivity index (χ2v) is 12.2. The Labute approximate surface area is 244 Å². The molecule has 14 heteroatoms. The van der Waals surface area contributed by atoms with Crippen LogP contribution in [0.3, 0.4) is 0 Å². The minimum atomic E-state index is -4.65. The molecule has 6 rings (SSSR count). The predicted molar refractivity (Wildman–Crippen MR) is 151 cm³/mol. The molecule has 4 heterocycles. The van der Waals surface area contributed by atoms with E-state index in [2.05, 4.69) is 15.4 Å². The number of rotatable bonds is 6. The Balaban J connectivity index is 1.25. The second-order valence-electron chi connectivity index (χ2n) is 10.3. The molecule has 1 aliphatic rings. The van der Waals surface area contributed by atoms with E-state index in [0.29, 0.717) is 36.1 Å². The molecule has 2 aromatic carbocycles. The molecule has 3 aromatic heterocycles. The molecule has 0 saturated carbocycles. The predicted octanol–water partition coefficient (Wildman–Crippen LogP) is 5.06. The zero-order valence-corrected chi connectivity index (χ0v) is 23.7. The molecule has 43 heavy (non-hydrogen) atoms. The molecular weight excluding hydrogens is 583 g/mol. The summed E-state index contributed by atoms with van der Waals surface area (Å²) in [4.78, 5) is 17.2. The van der Waals surface area contributed by atoms with Crippen LogP contribution in [0, 0.1) is 6.92 Å². The third-order valence-corrected chi connectivity index (χ3v) is 9.34. The molecule has 1 saturated heterocycles. The van der Waals surface area contributed by atoms with Gasteiger partial charge in [-0.25, -0.2) is 22.6 Å². The van der Waals surface area contributed by atoms with Gasteiger partial charge in [-0.3, -0.25) is 4.79 Å². The Bertz CT molecular complexity index is 1910. The molecule has 0 aliphatic carbocycles. The summed E-state index contributed by atoms with van der Waals surface area (Å²) in [6, 6.07) is 14.9. The topological polar surface area (TPSA) is 114 Å². The summed E-state index contributed by atoms with van der Waals surface area (Å²) in [6.07, 6.45) is 0.841. The van der Waals surface area contributed by atoms with Gasteiger partial charge in [0.2, 0.25) is 10.0 Å². The van der Waals surface area contributed by atoms with Crippen molar-refractivity contribution in [2.24, 2.45) is 0 Å². The fourth-order valence-electron chi connectivity index (χ4n) is 5.12. The van der Waals surface area contributed by atoms with Gasteiger partial charge in [0.05, 0.1) is 28.0 Å². The highest BCUT2D eigenvalue weighted by Gasteiger charge is 2.35. The summed E-state index contributed by atoms with van der Waals surface area (Å²) >= 11 is 0. The summed E-state index contributed by atoms with van der Waals surface area (Å²) in [7, 11) is -4.12. The SMILES string of the molecule is Cc1ccc(-n2nc(C3CCN(S(=O)(=O)c4cccc(C(F)(F)F)c4)CC3)cc2NC(=O)c2cnn3cccnc23)cc1.